The van der Waals surface area contributed by atoms with E-state index in [1.165, 1.54) is 0 Å². The van der Waals surface area contributed by atoms with Crippen LogP contribution in [-0.4, -0.2) is 29.3 Å². The van der Waals surface area contributed by atoms with E-state index in [-0.39, 0.29) is 18.3 Å². The molecule has 0 atom stereocenters. The second-order valence-corrected chi connectivity index (χ2v) is 4.25. The maximum absolute atomic E-state index is 11.4. The summed E-state index contributed by atoms with van der Waals surface area (Å²) in [5.41, 5.74) is 0.766. The van der Waals surface area contributed by atoms with Crippen molar-refractivity contribution >= 4 is 24.0 Å². The Morgan fingerprint density at radius 1 is 1.53 bits per heavy atom. The van der Waals surface area contributed by atoms with Crippen LogP contribution < -0.4 is 10.6 Å². The lowest BCUT2D eigenvalue weighted by Crippen LogP contribution is -2.18. The van der Waals surface area contributed by atoms with E-state index in [2.05, 4.69) is 29.6 Å². The van der Waals surface area contributed by atoms with Crippen molar-refractivity contribution in [2.24, 2.45) is 5.92 Å². The molecule has 1 amide bonds. The van der Waals surface area contributed by atoms with E-state index in [0.29, 0.717) is 18.9 Å². The number of hydrogen-bond donors (Lipinski definition) is 2. The van der Waals surface area contributed by atoms with Crippen molar-refractivity contribution in [3.05, 3.63) is 12.4 Å². The van der Waals surface area contributed by atoms with Gasteiger partial charge in [-0.1, -0.05) is 13.8 Å². The highest BCUT2D eigenvalue weighted by atomic mass is 35.5. The standard InChI is InChI=1S/C11H20N4O.ClH/c1-9(2)7-15-8-10(6-13-15)14-11(16)4-5-12-3;/h6,8-9,12H,4-5,7H2,1-3H3,(H,14,16);1H. The van der Waals surface area contributed by atoms with Gasteiger partial charge in [0.05, 0.1) is 11.9 Å². The van der Waals surface area contributed by atoms with Gasteiger partial charge >= 0.3 is 0 Å². The number of carbonyl (C=O) groups excluding carboxylic acids is 1. The van der Waals surface area contributed by atoms with Gasteiger partial charge in [-0.2, -0.15) is 5.10 Å². The zero-order chi connectivity index (χ0) is 12.0. The summed E-state index contributed by atoms with van der Waals surface area (Å²) in [7, 11) is 1.83. The molecule has 0 saturated carbocycles. The van der Waals surface area contributed by atoms with Crippen LogP contribution in [0.4, 0.5) is 5.69 Å². The van der Waals surface area contributed by atoms with Crippen LogP contribution in [-0.2, 0) is 11.3 Å². The number of carbonyl (C=O) groups is 1. The number of anilines is 1. The minimum atomic E-state index is 0. The van der Waals surface area contributed by atoms with E-state index in [4.69, 9.17) is 0 Å². The summed E-state index contributed by atoms with van der Waals surface area (Å²) in [5, 5.41) is 9.92. The monoisotopic (exact) mass is 260 g/mol. The third-order valence-electron chi connectivity index (χ3n) is 2.07. The Hall–Kier alpha value is -1.07. The zero-order valence-electron chi connectivity index (χ0n) is 10.6. The number of nitrogens with one attached hydrogen (secondary N) is 2. The minimum absolute atomic E-state index is 0. The molecular formula is C11H21ClN4O. The van der Waals surface area contributed by atoms with Crippen molar-refractivity contribution in [3.8, 4) is 0 Å². The largest absolute Gasteiger partial charge is 0.323 e. The van der Waals surface area contributed by atoms with Crippen LogP contribution in [0.5, 0.6) is 0 Å². The van der Waals surface area contributed by atoms with Gasteiger partial charge in [0.2, 0.25) is 5.91 Å². The van der Waals surface area contributed by atoms with Crippen molar-refractivity contribution in [1.29, 1.82) is 0 Å². The number of halogens is 1. The first kappa shape index (κ1) is 15.9. The van der Waals surface area contributed by atoms with E-state index < -0.39 is 0 Å². The number of rotatable bonds is 6. The highest BCUT2D eigenvalue weighted by Crippen LogP contribution is 2.07. The van der Waals surface area contributed by atoms with Gasteiger partial charge in [0.25, 0.3) is 0 Å². The quantitative estimate of drug-likeness (QED) is 0.815. The Labute approximate surface area is 108 Å². The Bertz CT molecular complexity index is 338. The van der Waals surface area contributed by atoms with E-state index in [1.807, 2.05) is 17.9 Å². The third-order valence-corrected chi connectivity index (χ3v) is 2.07. The van der Waals surface area contributed by atoms with Crippen LogP contribution in [0, 0.1) is 5.92 Å². The summed E-state index contributed by atoms with van der Waals surface area (Å²) >= 11 is 0. The molecule has 1 aromatic rings. The minimum Gasteiger partial charge on any atom is -0.323 e. The first-order valence-corrected chi connectivity index (χ1v) is 5.58. The molecule has 0 bridgehead atoms. The first-order chi connectivity index (χ1) is 7.61. The predicted octanol–water partition coefficient (Wildman–Crippen LogP) is 1.51. The molecule has 0 saturated heterocycles. The molecule has 0 aliphatic rings. The lowest BCUT2D eigenvalue weighted by atomic mass is 10.2. The van der Waals surface area contributed by atoms with Gasteiger partial charge in [-0.05, 0) is 13.0 Å². The molecule has 0 aromatic carbocycles. The summed E-state index contributed by atoms with van der Waals surface area (Å²) in [4.78, 5) is 11.4. The summed E-state index contributed by atoms with van der Waals surface area (Å²) < 4.78 is 1.85. The summed E-state index contributed by atoms with van der Waals surface area (Å²) in [5.74, 6) is 0.561. The Balaban J connectivity index is 0.00000256. The average Bonchev–Trinajstić information content (AvgIpc) is 2.61. The maximum Gasteiger partial charge on any atom is 0.225 e. The van der Waals surface area contributed by atoms with Gasteiger partial charge in [0.15, 0.2) is 0 Å². The van der Waals surface area contributed by atoms with Crippen molar-refractivity contribution < 1.29 is 4.79 Å². The Morgan fingerprint density at radius 2 is 2.24 bits per heavy atom. The SMILES string of the molecule is CNCCC(=O)Nc1cnn(CC(C)C)c1.Cl. The average molecular weight is 261 g/mol. The molecule has 1 heterocycles. The molecule has 0 aliphatic heterocycles. The van der Waals surface area contributed by atoms with Gasteiger partial charge < -0.3 is 10.6 Å². The van der Waals surface area contributed by atoms with Crippen LogP contribution in [0.2, 0.25) is 0 Å². The molecule has 0 fully saturated rings. The molecule has 0 unspecified atom stereocenters. The van der Waals surface area contributed by atoms with E-state index in [0.717, 1.165) is 12.2 Å². The van der Waals surface area contributed by atoms with E-state index in [1.54, 1.807) is 6.20 Å². The second-order valence-electron chi connectivity index (χ2n) is 4.25. The van der Waals surface area contributed by atoms with Crippen molar-refractivity contribution in [2.45, 2.75) is 26.8 Å². The fourth-order valence-corrected chi connectivity index (χ4v) is 1.36. The van der Waals surface area contributed by atoms with Crippen LogP contribution in [0.25, 0.3) is 0 Å². The first-order valence-electron chi connectivity index (χ1n) is 5.58. The van der Waals surface area contributed by atoms with Crippen LogP contribution in [0.15, 0.2) is 12.4 Å². The molecular weight excluding hydrogens is 240 g/mol. The van der Waals surface area contributed by atoms with E-state index in [9.17, 15) is 4.79 Å². The molecule has 0 radical (unpaired) electrons. The van der Waals surface area contributed by atoms with E-state index >= 15 is 0 Å². The lowest BCUT2D eigenvalue weighted by Gasteiger charge is -2.04. The fraction of sp³-hybridized carbons (Fsp3) is 0.636. The molecule has 0 aliphatic carbocycles. The molecule has 2 N–H and O–H groups in total. The smallest absolute Gasteiger partial charge is 0.225 e. The number of aromatic nitrogens is 2. The zero-order valence-corrected chi connectivity index (χ0v) is 11.4. The van der Waals surface area contributed by atoms with Crippen molar-refractivity contribution in [3.63, 3.8) is 0 Å². The summed E-state index contributed by atoms with van der Waals surface area (Å²) in [6, 6.07) is 0. The highest BCUT2D eigenvalue weighted by molar-refractivity contribution is 5.90. The van der Waals surface area contributed by atoms with Crippen molar-refractivity contribution in [1.82, 2.24) is 15.1 Å². The van der Waals surface area contributed by atoms with Gasteiger partial charge in [-0.3, -0.25) is 9.48 Å². The molecule has 0 spiro atoms. The molecule has 5 nitrogen and oxygen atoms in total. The van der Waals surface area contributed by atoms with Gasteiger partial charge in [0, 0.05) is 25.7 Å². The third kappa shape index (κ3) is 6.28. The van der Waals surface area contributed by atoms with Gasteiger partial charge in [-0.15, -0.1) is 12.4 Å². The molecule has 6 heteroatoms. The topological polar surface area (TPSA) is 59.0 Å². The van der Waals surface area contributed by atoms with Crippen LogP contribution >= 0.6 is 12.4 Å². The number of hydrogen-bond acceptors (Lipinski definition) is 3. The second kappa shape index (κ2) is 8.08. The molecule has 1 rings (SSSR count). The maximum atomic E-state index is 11.4. The summed E-state index contributed by atoms with van der Waals surface area (Å²) in [6.07, 6.45) is 4.02. The molecule has 17 heavy (non-hydrogen) atoms. The van der Waals surface area contributed by atoms with Crippen LogP contribution in [0.1, 0.15) is 20.3 Å². The van der Waals surface area contributed by atoms with Gasteiger partial charge in [0.1, 0.15) is 0 Å². The number of nitrogens with zero attached hydrogens (tertiary/aromatic N) is 2. The summed E-state index contributed by atoms with van der Waals surface area (Å²) in [6.45, 7) is 5.82. The normalized spacial score (nSPS) is 10.1. The Kier molecular flexibility index (Phi) is 7.58. The molecule has 1 aromatic heterocycles. The molecule has 98 valence electrons. The van der Waals surface area contributed by atoms with Crippen LogP contribution in [0.3, 0.4) is 0 Å². The fourth-order valence-electron chi connectivity index (χ4n) is 1.36. The number of amides is 1. The van der Waals surface area contributed by atoms with Gasteiger partial charge in [-0.25, -0.2) is 0 Å². The lowest BCUT2D eigenvalue weighted by molar-refractivity contribution is -0.116. The van der Waals surface area contributed by atoms with Crippen molar-refractivity contribution in [2.75, 3.05) is 18.9 Å². The Morgan fingerprint density at radius 3 is 2.82 bits per heavy atom. The highest BCUT2D eigenvalue weighted by Gasteiger charge is 2.04. The predicted molar refractivity (Wildman–Crippen MR) is 71.5 cm³/mol.